The lowest BCUT2D eigenvalue weighted by Gasteiger charge is -2.10. The van der Waals surface area contributed by atoms with E-state index in [0.717, 1.165) is 17.5 Å². The molecule has 3 aromatic carbocycles. The van der Waals surface area contributed by atoms with Gasteiger partial charge in [0.2, 0.25) is 5.82 Å². The van der Waals surface area contributed by atoms with Crippen LogP contribution >= 0.6 is 0 Å². The van der Waals surface area contributed by atoms with E-state index in [1.54, 1.807) is 36.4 Å². The van der Waals surface area contributed by atoms with E-state index in [9.17, 15) is 13.6 Å². The van der Waals surface area contributed by atoms with Gasteiger partial charge in [0, 0.05) is 12.0 Å². The van der Waals surface area contributed by atoms with Gasteiger partial charge in [0.05, 0.1) is 5.56 Å². The molecule has 2 nitrogen and oxygen atoms in total. The number of hydrogen-bond acceptors (Lipinski definition) is 2. The Labute approximate surface area is 162 Å². The molecule has 0 unspecified atom stereocenters. The molecule has 0 saturated heterocycles. The van der Waals surface area contributed by atoms with Crippen molar-refractivity contribution in [1.29, 1.82) is 0 Å². The van der Waals surface area contributed by atoms with Crippen molar-refractivity contribution in [2.75, 3.05) is 0 Å². The van der Waals surface area contributed by atoms with Crippen molar-refractivity contribution in [1.82, 2.24) is 0 Å². The van der Waals surface area contributed by atoms with Crippen LogP contribution in [0.1, 0.15) is 27.9 Å². The number of carbonyl (C=O) groups is 1. The fourth-order valence-electron chi connectivity index (χ4n) is 2.75. The monoisotopic (exact) mass is 376 g/mol. The Morgan fingerprint density at radius 3 is 2.29 bits per heavy atom. The van der Waals surface area contributed by atoms with Gasteiger partial charge in [-0.3, -0.25) is 0 Å². The number of terminal acetylenes is 1. The van der Waals surface area contributed by atoms with Crippen molar-refractivity contribution in [3.05, 3.63) is 89.0 Å². The number of rotatable bonds is 5. The van der Waals surface area contributed by atoms with Gasteiger partial charge in [0.1, 0.15) is 0 Å². The molecule has 0 atom stereocenters. The van der Waals surface area contributed by atoms with E-state index in [1.807, 2.05) is 19.1 Å². The van der Waals surface area contributed by atoms with Crippen LogP contribution in [0, 0.1) is 30.9 Å². The number of halogens is 2. The third-order valence-corrected chi connectivity index (χ3v) is 4.36. The average Bonchev–Trinajstić information content (AvgIpc) is 2.71. The lowest BCUT2D eigenvalue weighted by atomic mass is 10.0. The highest BCUT2D eigenvalue weighted by Crippen LogP contribution is 2.30. The Bertz CT molecular complexity index is 1030. The van der Waals surface area contributed by atoms with E-state index in [0.29, 0.717) is 12.0 Å². The van der Waals surface area contributed by atoms with Gasteiger partial charge in [0.15, 0.2) is 11.6 Å². The van der Waals surface area contributed by atoms with E-state index < -0.39 is 23.4 Å². The Balaban J connectivity index is 1.82. The van der Waals surface area contributed by atoms with Crippen molar-refractivity contribution in [2.45, 2.75) is 19.8 Å². The van der Waals surface area contributed by atoms with Crippen LogP contribution in [0.5, 0.6) is 5.75 Å². The fraction of sp³-hybridized carbons (Fsp3) is 0.125. The molecule has 0 aliphatic carbocycles. The minimum atomic E-state index is -1.20. The second-order valence-electron chi connectivity index (χ2n) is 6.40. The van der Waals surface area contributed by atoms with Crippen LogP contribution in [-0.4, -0.2) is 5.97 Å². The van der Waals surface area contributed by atoms with Crippen LogP contribution < -0.4 is 4.74 Å². The molecule has 0 amide bonds. The standard InChI is InChI=1S/C24H18F2O2/c1-3-4-5-17-8-12-18(13-9-17)20-14-15-21(23(26)22(20)25)28-24(27)19-10-6-16(2)7-11-19/h1,6-15H,4-5H2,2H3. The molecule has 0 aliphatic heterocycles. The van der Waals surface area contributed by atoms with Gasteiger partial charge in [-0.05, 0) is 48.7 Å². The van der Waals surface area contributed by atoms with Crippen molar-refractivity contribution in [3.8, 4) is 29.2 Å². The summed E-state index contributed by atoms with van der Waals surface area (Å²) < 4.78 is 34.1. The summed E-state index contributed by atoms with van der Waals surface area (Å²) in [5.74, 6) is -0.893. The molecule has 3 aromatic rings. The maximum atomic E-state index is 14.6. The Morgan fingerprint density at radius 2 is 1.64 bits per heavy atom. The molecule has 0 bridgehead atoms. The molecular weight excluding hydrogens is 358 g/mol. The number of aryl methyl sites for hydroxylation is 2. The van der Waals surface area contributed by atoms with E-state index in [-0.39, 0.29) is 11.1 Å². The van der Waals surface area contributed by atoms with Gasteiger partial charge in [-0.2, -0.15) is 4.39 Å². The third-order valence-electron chi connectivity index (χ3n) is 4.36. The zero-order chi connectivity index (χ0) is 20.1. The summed E-state index contributed by atoms with van der Waals surface area (Å²) in [6, 6.07) is 16.4. The van der Waals surface area contributed by atoms with Crippen LogP contribution in [0.25, 0.3) is 11.1 Å². The molecule has 4 heteroatoms. The third kappa shape index (κ3) is 4.27. The molecule has 0 spiro atoms. The second kappa shape index (κ2) is 8.49. The van der Waals surface area contributed by atoms with Crippen LogP contribution in [0.4, 0.5) is 8.78 Å². The molecule has 0 aromatic heterocycles. The zero-order valence-electron chi connectivity index (χ0n) is 15.3. The van der Waals surface area contributed by atoms with E-state index in [1.165, 1.54) is 12.1 Å². The molecule has 0 heterocycles. The van der Waals surface area contributed by atoms with Gasteiger partial charge in [-0.15, -0.1) is 12.3 Å². The number of hydrogen-bond donors (Lipinski definition) is 0. The van der Waals surface area contributed by atoms with Gasteiger partial charge in [-0.25, -0.2) is 9.18 Å². The molecule has 3 rings (SSSR count). The summed E-state index contributed by atoms with van der Waals surface area (Å²) in [5.41, 5.74) is 2.88. The average molecular weight is 376 g/mol. The first-order chi connectivity index (χ1) is 13.5. The van der Waals surface area contributed by atoms with Crippen molar-refractivity contribution in [2.24, 2.45) is 0 Å². The van der Waals surface area contributed by atoms with Gasteiger partial charge < -0.3 is 4.74 Å². The molecule has 0 saturated carbocycles. The first-order valence-corrected chi connectivity index (χ1v) is 8.79. The Morgan fingerprint density at radius 1 is 0.964 bits per heavy atom. The molecule has 0 fully saturated rings. The number of carbonyl (C=O) groups excluding carboxylic acids is 1. The van der Waals surface area contributed by atoms with E-state index >= 15 is 0 Å². The smallest absolute Gasteiger partial charge is 0.343 e. The summed E-state index contributed by atoms with van der Waals surface area (Å²) in [6.45, 7) is 1.88. The number of ether oxygens (including phenoxy) is 1. The maximum Gasteiger partial charge on any atom is 0.343 e. The highest BCUT2D eigenvalue weighted by Gasteiger charge is 2.18. The minimum absolute atomic E-state index is 0.0936. The summed E-state index contributed by atoms with van der Waals surface area (Å²) in [6.07, 6.45) is 6.59. The fourth-order valence-corrected chi connectivity index (χ4v) is 2.75. The van der Waals surface area contributed by atoms with Gasteiger partial charge >= 0.3 is 5.97 Å². The summed E-state index contributed by atoms with van der Waals surface area (Å²) >= 11 is 0. The maximum absolute atomic E-state index is 14.6. The molecular formula is C24H18F2O2. The van der Waals surface area contributed by atoms with Crippen molar-refractivity contribution >= 4 is 5.97 Å². The first-order valence-electron chi connectivity index (χ1n) is 8.79. The Hall–Kier alpha value is -3.45. The molecule has 0 N–H and O–H groups in total. The van der Waals surface area contributed by atoms with Crippen LogP contribution in [0.15, 0.2) is 60.7 Å². The topological polar surface area (TPSA) is 26.3 Å². The van der Waals surface area contributed by atoms with Gasteiger partial charge in [-0.1, -0.05) is 42.0 Å². The van der Waals surface area contributed by atoms with Crippen molar-refractivity contribution < 1.29 is 18.3 Å². The van der Waals surface area contributed by atoms with Gasteiger partial charge in [0.25, 0.3) is 0 Å². The molecule has 140 valence electrons. The summed E-state index contributed by atoms with van der Waals surface area (Å²) in [7, 11) is 0. The highest BCUT2D eigenvalue weighted by atomic mass is 19.2. The predicted molar refractivity (Wildman–Crippen MR) is 105 cm³/mol. The Kier molecular flexibility index (Phi) is 5.86. The van der Waals surface area contributed by atoms with Crippen LogP contribution in [-0.2, 0) is 6.42 Å². The van der Waals surface area contributed by atoms with Crippen molar-refractivity contribution in [3.63, 3.8) is 0 Å². The van der Waals surface area contributed by atoms with E-state index in [4.69, 9.17) is 11.2 Å². The largest absolute Gasteiger partial charge is 0.420 e. The molecule has 28 heavy (non-hydrogen) atoms. The SMILES string of the molecule is C#CCCc1ccc(-c2ccc(OC(=O)c3ccc(C)cc3)c(F)c2F)cc1. The summed E-state index contributed by atoms with van der Waals surface area (Å²) in [4.78, 5) is 12.1. The highest BCUT2D eigenvalue weighted by molar-refractivity contribution is 5.91. The lowest BCUT2D eigenvalue weighted by molar-refractivity contribution is 0.0727. The number of esters is 1. The number of benzene rings is 3. The first kappa shape index (κ1) is 19.3. The molecule has 0 aliphatic rings. The van der Waals surface area contributed by atoms with Crippen LogP contribution in [0.3, 0.4) is 0 Å². The second-order valence-corrected chi connectivity index (χ2v) is 6.40. The minimum Gasteiger partial charge on any atom is -0.420 e. The summed E-state index contributed by atoms with van der Waals surface area (Å²) in [5, 5.41) is 0. The zero-order valence-corrected chi connectivity index (χ0v) is 15.3. The predicted octanol–water partition coefficient (Wildman–Crippen LogP) is 5.73. The molecule has 0 radical (unpaired) electrons. The quantitative estimate of drug-likeness (QED) is 0.323. The van der Waals surface area contributed by atoms with E-state index in [2.05, 4.69) is 5.92 Å². The lowest BCUT2D eigenvalue weighted by Crippen LogP contribution is -2.10. The van der Waals surface area contributed by atoms with Crippen LogP contribution in [0.2, 0.25) is 0 Å². The normalized spacial score (nSPS) is 10.4.